The molecule has 0 aromatic heterocycles. The summed E-state index contributed by atoms with van der Waals surface area (Å²) in [6, 6.07) is 16.6. The number of halogens is 1. The number of hydrogen-bond donors (Lipinski definition) is 0. The maximum atomic E-state index is 12.6. The van der Waals surface area contributed by atoms with Crippen LogP contribution in [0.15, 0.2) is 54.1 Å². The van der Waals surface area contributed by atoms with Crippen molar-refractivity contribution in [1.29, 1.82) is 5.26 Å². The van der Waals surface area contributed by atoms with Gasteiger partial charge in [-0.1, -0.05) is 35.4 Å². The van der Waals surface area contributed by atoms with Gasteiger partial charge in [-0.25, -0.2) is 0 Å². The van der Waals surface area contributed by atoms with Crippen molar-refractivity contribution in [1.82, 2.24) is 4.90 Å². The molecule has 3 rings (SSSR count). The zero-order valence-corrected chi connectivity index (χ0v) is 14.0. The van der Waals surface area contributed by atoms with Gasteiger partial charge >= 0.3 is 0 Å². The molecule has 4 heteroatoms. The maximum Gasteiger partial charge on any atom is 0.254 e. The normalized spacial score (nSPS) is 16.0. The Morgan fingerprint density at radius 2 is 1.83 bits per heavy atom. The fourth-order valence-corrected chi connectivity index (χ4v) is 2.98. The lowest BCUT2D eigenvalue weighted by Crippen LogP contribution is -2.36. The van der Waals surface area contributed by atoms with Crippen molar-refractivity contribution in [3.63, 3.8) is 0 Å². The molecule has 2 aromatic carbocycles. The predicted octanol–water partition coefficient (Wildman–Crippen LogP) is 4.53. The van der Waals surface area contributed by atoms with Crippen LogP contribution in [0.2, 0.25) is 5.02 Å². The van der Waals surface area contributed by atoms with E-state index in [1.165, 1.54) is 5.57 Å². The summed E-state index contributed by atoms with van der Waals surface area (Å²) >= 11 is 5.88. The molecule has 120 valence electrons. The van der Waals surface area contributed by atoms with Crippen molar-refractivity contribution in [2.24, 2.45) is 0 Å². The van der Waals surface area contributed by atoms with Crippen LogP contribution in [0.4, 0.5) is 0 Å². The summed E-state index contributed by atoms with van der Waals surface area (Å²) in [4.78, 5) is 14.5. The molecule has 1 aliphatic rings. The molecule has 3 nitrogen and oxygen atoms in total. The van der Waals surface area contributed by atoms with Crippen LogP contribution >= 0.6 is 11.6 Å². The van der Waals surface area contributed by atoms with Crippen LogP contribution in [0.25, 0.3) is 6.08 Å². The van der Waals surface area contributed by atoms with Crippen LogP contribution in [-0.2, 0) is 0 Å². The number of benzene rings is 2. The van der Waals surface area contributed by atoms with Crippen molar-refractivity contribution >= 4 is 23.6 Å². The Kier molecular flexibility index (Phi) is 4.98. The molecule has 24 heavy (non-hydrogen) atoms. The number of hydrogen-bond acceptors (Lipinski definition) is 2. The number of piperidine rings is 1. The third-order valence-electron chi connectivity index (χ3n) is 4.11. The fourth-order valence-electron chi connectivity index (χ4n) is 2.86. The van der Waals surface area contributed by atoms with Gasteiger partial charge in [0.25, 0.3) is 5.91 Å². The predicted molar refractivity (Wildman–Crippen MR) is 95.7 cm³/mol. The molecule has 1 saturated heterocycles. The first-order chi connectivity index (χ1) is 11.7. The van der Waals surface area contributed by atoms with Gasteiger partial charge in [-0.05, 0) is 54.8 Å². The standard InChI is InChI=1S/C20H17ClN2O/c21-19-9-7-18(8-10-19)20(24)23-11-1-2-17(14-23)12-15-3-5-16(13-22)6-4-15/h3-10,12H,1-2,11,14H2. The summed E-state index contributed by atoms with van der Waals surface area (Å²) in [5, 5.41) is 9.48. The minimum atomic E-state index is 0.0390. The van der Waals surface area contributed by atoms with Crippen LogP contribution in [-0.4, -0.2) is 23.9 Å². The summed E-state index contributed by atoms with van der Waals surface area (Å²) in [5.74, 6) is 0.0390. The molecule has 1 fully saturated rings. The molecule has 1 heterocycles. The Morgan fingerprint density at radius 3 is 2.50 bits per heavy atom. The quantitative estimate of drug-likeness (QED) is 0.808. The summed E-state index contributed by atoms with van der Waals surface area (Å²) in [7, 11) is 0. The highest BCUT2D eigenvalue weighted by atomic mass is 35.5. The monoisotopic (exact) mass is 336 g/mol. The molecule has 0 unspecified atom stereocenters. The lowest BCUT2D eigenvalue weighted by atomic mass is 10.0. The van der Waals surface area contributed by atoms with E-state index in [2.05, 4.69) is 12.1 Å². The molecule has 2 aromatic rings. The van der Waals surface area contributed by atoms with Gasteiger partial charge in [0.1, 0.15) is 0 Å². The molecular weight excluding hydrogens is 320 g/mol. The summed E-state index contributed by atoms with van der Waals surface area (Å²) in [5.41, 5.74) is 3.61. The van der Waals surface area contributed by atoms with E-state index >= 15 is 0 Å². The SMILES string of the molecule is N#Cc1ccc(C=C2CCCN(C(=O)c3ccc(Cl)cc3)C2)cc1. The van der Waals surface area contributed by atoms with E-state index in [1.807, 2.05) is 29.2 Å². The minimum Gasteiger partial charge on any atom is -0.335 e. The number of amides is 1. The zero-order chi connectivity index (χ0) is 16.9. The number of rotatable bonds is 2. The van der Waals surface area contributed by atoms with E-state index in [9.17, 15) is 4.79 Å². The topological polar surface area (TPSA) is 44.1 Å². The Hall–Kier alpha value is -2.57. The second kappa shape index (κ2) is 7.33. The van der Waals surface area contributed by atoms with Gasteiger partial charge < -0.3 is 4.90 Å². The second-order valence-corrected chi connectivity index (χ2v) is 6.31. The summed E-state index contributed by atoms with van der Waals surface area (Å²) < 4.78 is 0. The smallest absolute Gasteiger partial charge is 0.254 e. The van der Waals surface area contributed by atoms with Crippen molar-refractivity contribution in [2.45, 2.75) is 12.8 Å². The van der Waals surface area contributed by atoms with E-state index in [0.717, 1.165) is 24.9 Å². The zero-order valence-electron chi connectivity index (χ0n) is 13.2. The van der Waals surface area contributed by atoms with Crippen LogP contribution in [0.1, 0.15) is 34.3 Å². The van der Waals surface area contributed by atoms with E-state index in [-0.39, 0.29) is 5.91 Å². The largest absolute Gasteiger partial charge is 0.335 e. The van der Waals surface area contributed by atoms with Gasteiger partial charge in [0.2, 0.25) is 0 Å². The number of nitriles is 1. The van der Waals surface area contributed by atoms with Crippen LogP contribution in [0.3, 0.4) is 0 Å². The van der Waals surface area contributed by atoms with Gasteiger partial charge in [-0.15, -0.1) is 0 Å². The Bertz CT molecular complexity index is 801. The third-order valence-corrected chi connectivity index (χ3v) is 4.36. The molecule has 1 aliphatic heterocycles. The molecule has 0 N–H and O–H groups in total. The highest BCUT2D eigenvalue weighted by Gasteiger charge is 2.20. The van der Waals surface area contributed by atoms with Gasteiger partial charge in [0.05, 0.1) is 11.6 Å². The Labute approximate surface area is 146 Å². The second-order valence-electron chi connectivity index (χ2n) is 5.87. The third kappa shape index (κ3) is 3.84. The number of carbonyl (C=O) groups excluding carboxylic acids is 1. The minimum absolute atomic E-state index is 0.0390. The lowest BCUT2D eigenvalue weighted by molar-refractivity contribution is 0.0753. The van der Waals surface area contributed by atoms with Gasteiger partial charge in [0, 0.05) is 23.7 Å². The van der Waals surface area contributed by atoms with E-state index < -0.39 is 0 Å². The van der Waals surface area contributed by atoms with Crippen molar-refractivity contribution in [3.05, 3.63) is 75.8 Å². The van der Waals surface area contributed by atoms with Crippen LogP contribution < -0.4 is 0 Å². The molecule has 0 atom stereocenters. The molecule has 0 radical (unpaired) electrons. The molecular formula is C20H17ClN2O. The average Bonchev–Trinajstić information content (AvgIpc) is 2.63. The summed E-state index contributed by atoms with van der Waals surface area (Å²) in [6.07, 6.45) is 4.06. The molecule has 1 amide bonds. The first kappa shape index (κ1) is 16.3. The van der Waals surface area contributed by atoms with E-state index in [0.29, 0.717) is 22.7 Å². The average molecular weight is 337 g/mol. The van der Waals surface area contributed by atoms with Gasteiger partial charge in [0.15, 0.2) is 0 Å². The Morgan fingerprint density at radius 1 is 1.12 bits per heavy atom. The Balaban J connectivity index is 1.73. The lowest BCUT2D eigenvalue weighted by Gasteiger charge is -2.29. The first-order valence-electron chi connectivity index (χ1n) is 7.90. The van der Waals surface area contributed by atoms with E-state index in [1.54, 1.807) is 24.3 Å². The molecule has 0 aliphatic carbocycles. The molecule has 0 saturated carbocycles. The number of nitrogens with zero attached hydrogens (tertiary/aromatic N) is 2. The van der Waals surface area contributed by atoms with Crippen LogP contribution in [0.5, 0.6) is 0 Å². The maximum absolute atomic E-state index is 12.6. The highest BCUT2D eigenvalue weighted by molar-refractivity contribution is 6.30. The van der Waals surface area contributed by atoms with Crippen molar-refractivity contribution in [3.8, 4) is 6.07 Å². The molecule has 0 spiro atoms. The molecule has 0 bridgehead atoms. The van der Waals surface area contributed by atoms with Crippen molar-refractivity contribution < 1.29 is 4.79 Å². The van der Waals surface area contributed by atoms with E-state index in [4.69, 9.17) is 16.9 Å². The number of likely N-dealkylation sites (tertiary alicyclic amines) is 1. The van der Waals surface area contributed by atoms with Gasteiger partial charge in [-0.3, -0.25) is 4.79 Å². The fraction of sp³-hybridized carbons (Fsp3) is 0.200. The van der Waals surface area contributed by atoms with Crippen molar-refractivity contribution in [2.75, 3.05) is 13.1 Å². The highest BCUT2D eigenvalue weighted by Crippen LogP contribution is 2.21. The van der Waals surface area contributed by atoms with Gasteiger partial charge in [-0.2, -0.15) is 5.26 Å². The number of carbonyl (C=O) groups is 1. The van der Waals surface area contributed by atoms with Crippen LogP contribution in [0, 0.1) is 11.3 Å². The first-order valence-corrected chi connectivity index (χ1v) is 8.28. The summed E-state index contributed by atoms with van der Waals surface area (Å²) in [6.45, 7) is 1.41.